The van der Waals surface area contributed by atoms with Crippen LogP contribution in [0.1, 0.15) is 5.56 Å². The zero-order chi connectivity index (χ0) is 12.6. The van der Waals surface area contributed by atoms with Crippen molar-refractivity contribution in [3.05, 3.63) is 60.2 Å². The fraction of sp³-hybridized carbons (Fsp3) is 0.0714. The van der Waals surface area contributed by atoms with Crippen molar-refractivity contribution in [1.82, 2.24) is 0 Å². The molecule has 4 heteroatoms. The first kappa shape index (κ1) is 12.0. The summed E-state index contributed by atoms with van der Waals surface area (Å²) in [6, 6.07) is 18.3. The number of benzene rings is 2. The first-order valence-corrected chi connectivity index (χ1v) is 5.54. The van der Waals surface area contributed by atoms with Gasteiger partial charge in [0.05, 0.1) is 0 Å². The highest BCUT2D eigenvalue weighted by atomic mass is 16.5. The lowest BCUT2D eigenvalue weighted by atomic mass is 10.0. The molecule has 90 valence electrons. The first-order chi connectivity index (χ1) is 8.90. The van der Waals surface area contributed by atoms with Crippen molar-refractivity contribution in [2.75, 3.05) is 0 Å². The van der Waals surface area contributed by atoms with E-state index in [1.165, 1.54) is 11.1 Å². The van der Waals surface area contributed by atoms with Crippen LogP contribution in [0.2, 0.25) is 0 Å². The van der Waals surface area contributed by atoms with Crippen molar-refractivity contribution in [3.8, 4) is 11.1 Å². The van der Waals surface area contributed by atoms with Crippen molar-refractivity contribution >= 4 is 6.40 Å². The van der Waals surface area contributed by atoms with Gasteiger partial charge in [0.2, 0.25) is 0 Å². The van der Waals surface area contributed by atoms with Gasteiger partial charge in [-0.3, -0.25) is 0 Å². The Labute approximate surface area is 105 Å². The third-order valence-electron chi connectivity index (χ3n) is 2.49. The summed E-state index contributed by atoms with van der Waals surface area (Å²) in [5.74, 6) is 0. The van der Waals surface area contributed by atoms with Crippen LogP contribution in [-0.4, -0.2) is 6.40 Å². The molecule has 0 aliphatic carbocycles. The quantitative estimate of drug-likeness (QED) is 0.366. The van der Waals surface area contributed by atoms with E-state index >= 15 is 0 Å². The molecule has 0 bridgehead atoms. The van der Waals surface area contributed by atoms with Gasteiger partial charge < -0.3 is 4.74 Å². The fourth-order valence-corrected chi connectivity index (χ4v) is 1.61. The van der Waals surface area contributed by atoms with Gasteiger partial charge in [0, 0.05) is 0 Å². The summed E-state index contributed by atoms with van der Waals surface area (Å²) >= 11 is 0. The Kier molecular flexibility index (Phi) is 4.19. The van der Waals surface area contributed by atoms with Crippen LogP contribution in [0.4, 0.5) is 0 Å². The van der Waals surface area contributed by atoms with Crippen molar-refractivity contribution in [2.24, 2.45) is 10.3 Å². The second kappa shape index (κ2) is 6.30. The molecule has 0 saturated carbocycles. The number of rotatable bonds is 5. The summed E-state index contributed by atoms with van der Waals surface area (Å²) in [7, 11) is 0. The van der Waals surface area contributed by atoms with Crippen LogP contribution >= 0.6 is 0 Å². The highest BCUT2D eigenvalue weighted by molar-refractivity contribution is 5.63. The van der Waals surface area contributed by atoms with Gasteiger partial charge in [0.25, 0.3) is 0 Å². The minimum Gasteiger partial charge on any atom is -0.477 e. The summed E-state index contributed by atoms with van der Waals surface area (Å²) in [4.78, 5) is 0. The fourth-order valence-electron chi connectivity index (χ4n) is 1.61. The maximum absolute atomic E-state index is 6.46. The Balaban J connectivity index is 2.02. The predicted molar refractivity (Wildman–Crippen MR) is 70.3 cm³/mol. The summed E-state index contributed by atoms with van der Waals surface area (Å²) in [5, 5.41) is 6.11. The molecule has 2 rings (SSSR count). The average molecular weight is 239 g/mol. The van der Waals surface area contributed by atoms with Crippen LogP contribution in [0.15, 0.2) is 64.9 Å². The van der Waals surface area contributed by atoms with Gasteiger partial charge in [-0.1, -0.05) is 54.6 Å². The van der Waals surface area contributed by atoms with E-state index in [1.807, 2.05) is 30.3 Å². The number of ether oxygens (including phenoxy) is 1. The third-order valence-corrected chi connectivity index (χ3v) is 2.49. The zero-order valence-corrected chi connectivity index (χ0v) is 9.78. The van der Waals surface area contributed by atoms with Crippen LogP contribution in [0, 0.1) is 5.53 Å². The van der Waals surface area contributed by atoms with Crippen molar-refractivity contribution in [1.29, 1.82) is 5.53 Å². The maximum Gasteiger partial charge on any atom is 0.197 e. The van der Waals surface area contributed by atoms with E-state index in [-0.39, 0.29) is 0 Å². The number of hydrogen-bond acceptors (Lipinski definition) is 3. The topological polar surface area (TPSA) is 57.8 Å². The Morgan fingerprint density at radius 1 is 0.944 bits per heavy atom. The molecular formula is C14H13N3O. The lowest BCUT2D eigenvalue weighted by molar-refractivity contribution is 0.306. The molecular weight excluding hydrogens is 226 g/mol. The van der Waals surface area contributed by atoms with Gasteiger partial charge in [0.15, 0.2) is 6.40 Å². The highest BCUT2D eigenvalue weighted by Crippen LogP contribution is 2.19. The molecule has 2 aromatic carbocycles. The van der Waals surface area contributed by atoms with Gasteiger partial charge in [-0.05, 0) is 21.9 Å². The van der Waals surface area contributed by atoms with Gasteiger partial charge in [0.1, 0.15) is 6.61 Å². The molecule has 0 unspecified atom stereocenters. The van der Waals surface area contributed by atoms with E-state index in [2.05, 4.69) is 34.6 Å². The molecule has 0 saturated heterocycles. The van der Waals surface area contributed by atoms with E-state index in [1.54, 1.807) is 0 Å². The van der Waals surface area contributed by atoms with Gasteiger partial charge >= 0.3 is 0 Å². The van der Waals surface area contributed by atoms with E-state index in [4.69, 9.17) is 10.3 Å². The summed E-state index contributed by atoms with van der Waals surface area (Å²) in [6.45, 7) is 0.425. The number of hydrogen-bond donors (Lipinski definition) is 1. The van der Waals surface area contributed by atoms with Gasteiger partial charge in [-0.25, -0.2) is 0 Å². The molecule has 2 aromatic rings. The van der Waals surface area contributed by atoms with Gasteiger partial charge in [-0.15, -0.1) is 5.10 Å². The monoisotopic (exact) mass is 239 g/mol. The molecule has 0 aromatic heterocycles. The minimum absolute atomic E-state index is 0.425. The van der Waals surface area contributed by atoms with E-state index in [9.17, 15) is 0 Å². The van der Waals surface area contributed by atoms with Crippen LogP contribution in [0.5, 0.6) is 0 Å². The normalized spacial score (nSPS) is 10.4. The molecule has 1 N–H and O–H groups in total. The Morgan fingerprint density at radius 3 is 2.28 bits per heavy atom. The molecule has 0 fully saturated rings. The summed E-state index contributed by atoms with van der Waals surface area (Å²) in [6.07, 6.45) is 1.16. The number of nitrogens with zero attached hydrogens (tertiary/aromatic N) is 2. The Morgan fingerprint density at radius 2 is 1.61 bits per heavy atom. The van der Waals surface area contributed by atoms with Gasteiger partial charge in [-0.2, -0.15) is 5.53 Å². The lowest BCUT2D eigenvalue weighted by Gasteiger charge is -2.04. The van der Waals surface area contributed by atoms with Crippen molar-refractivity contribution in [3.63, 3.8) is 0 Å². The second-order valence-corrected chi connectivity index (χ2v) is 3.69. The SMILES string of the molecule is N=N/N=C/OCc1ccc(-c2ccccc2)cc1. The number of nitrogens with one attached hydrogen (secondary N) is 1. The highest BCUT2D eigenvalue weighted by Gasteiger charge is 1.97. The molecule has 0 aliphatic heterocycles. The molecule has 0 spiro atoms. The predicted octanol–water partition coefficient (Wildman–Crippen LogP) is 3.84. The summed E-state index contributed by atoms with van der Waals surface area (Å²) < 4.78 is 5.10. The second-order valence-electron chi connectivity index (χ2n) is 3.69. The molecule has 0 radical (unpaired) electrons. The third kappa shape index (κ3) is 3.25. The van der Waals surface area contributed by atoms with Crippen molar-refractivity contribution < 1.29 is 4.74 Å². The van der Waals surface area contributed by atoms with E-state index in [0.29, 0.717) is 6.61 Å². The summed E-state index contributed by atoms with van der Waals surface area (Å²) in [5.41, 5.74) is 9.87. The van der Waals surface area contributed by atoms with Crippen LogP contribution in [-0.2, 0) is 11.3 Å². The Bertz CT molecular complexity index is 520. The van der Waals surface area contributed by atoms with Crippen LogP contribution in [0.3, 0.4) is 0 Å². The van der Waals surface area contributed by atoms with Crippen LogP contribution in [0.25, 0.3) is 11.1 Å². The molecule has 0 amide bonds. The molecule has 18 heavy (non-hydrogen) atoms. The van der Waals surface area contributed by atoms with Crippen LogP contribution < -0.4 is 0 Å². The maximum atomic E-state index is 6.46. The molecule has 0 heterocycles. The average Bonchev–Trinajstić information content (AvgIpc) is 2.45. The smallest absolute Gasteiger partial charge is 0.197 e. The standard InChI is InChI=1S/C14H13N3O/c15-17-16-11-18-10-12-6-8-14(9-7-12)13-4-2-1-3-5-13/h1-9,11,15H,10H2/b16-11+,17-15?. The molecule has 4 nitrogen and oxygen atoms in total. The van der Waals surface area contributed by atoms with E-state index in [0.717, 1.165) is 12.0 Å². The molecule has 0 aliphatic rings. The zero-order valence-electron chi connectivity index (χ0n) is 9.78. The van der Waals surface area contributed by atoms with E-state index < -0.39 is 0 Å². The lowest BCUT2D eigenvalue weighted by Crippen LogP contribution is -1.90. The Hall–Kier alpha value is -2.49. The largest absolute Gasteiger partial charge is 0.477 e. The molecule has 0 atom stereocenters. The first-order valence-electron chi connectivity index (χ1n) is 5.54. The van der Waals surface area contributed by atoms with Crippen molar-refractivity contribution in [2.45, 2.75) is 6.61 Å². The minimum atomic E-state index is 0.425.